The third kappa shape index (κ3) is 7.05. The molecule has 2 heteroatoms. The van der Waals surface area contributed by atoms with E-state index in [9.17, 15) is 4.79 Å². The van der Waals surface area contributed by atoms with Gasteiger partial charge in [-0.25, -0.2) is 0 Å². The largest absolute Gasteiger partial charge is 0.298 e. The Morgan fingerprint density at radius 3 is 1.91 bits per heavy atom. The molecular formula is C21H27NO. The number of benzene rings is 2. The Hall–Kier alpha value is -2.22. The molecule has 23 heavy (non-hydrogen) atoms. The van der Waals surface area contributed by atoms with Gasteiger partial charge in [-0.2, -0.15) is 0 Å². The van der Waals surface area contributed by atoms with Crippen molar-refractivity contribution in [1.29, 1.82) is 0 Å². The number of aliphatic imine (C=N–C) groups is 1. The highest BCUT2D eigenvalue weighted by molar-refractivity contribution is 5.81. The summed E-state index contributed by atoms with van der Waals surface area (Å²) >= 11 is 0. The molecule has 0 saturated carbocycles. The minimum absolute atomic E-state index is 0.690. The maximum atomic E-state index is 10.2. The molecule has 0 aliphatic carbocycles. The Kier molecular flexibility index (Phi) is 8.59. The standard InChI is InChI=1S/C13H19N.C8H8O/c1-4-11(2)9-14-10-13-8-6-5-7-12(13)3;1-7-4-2-3-5-8(7)6-9/h5-8,10-11H,4,9H2,1-3H3;2-6H,1H3/b14-10-;. The Morgan fingerprint density at radius 2 is 1.48 bits per heavy atom. The minimum Gasteiger partial charge on any atom is -0.298 e. The maximum Gasteiger partial charge on any atom is 0.150 e. The van der Waals surface area contributed by atoms with Crippen LogP contribution in [0, 0.1) is 19.8 Å². The molecule has 0 amide bonds. The van der Waals surface area contributed by atoms with Crippen molar-refractivity contribution in [3.05, 3.63) is 70.8 Å². The average molecular weight is 309 g/mol. The van der Waals surface area contributed by atoms with Gasteiger partial charge >= 0.3 is 0 Å². The first-order valence-corrected chi connectivity index (χ1v) is 8.14. The SMILES string of the molecule is CCC(C)C/N=C\c1ccccc1C.Cc1ccccc1C=O. The second-order valence-electron chi connectivity index (χ2n) is 5.84. The van der Waals surface area contributed by atoms with Crippen molar-refractivity contribution in [3.63, 3.8) is 0 Å². The van der Waals surface area contributed by atoms with Crippen molar-refractivity contribution in [2.75, 3.05) is 6.54 Å². The molecule has 2 aromatic rings. The molecule has 0 aromatic heterocycles. The van der Waals surface area contributed by atoms with Crippen LogP contribution in [0.15, 0.2) is 53.5 Å². The lowest BCUT2D eigenvalue weighted by molar-refractivity contribution is 0.112. The summed E-state index contributed by atoms with van der Waals surface area (Å²) in [5.41, 5.74) is 4.33. The van der Waals surface area contributed by atoms with E-state index in [1.165, 1.54) is 17.5 Å². The predicted octanol–water partition coefficient (Wildman–Crippen LogP) is 5.27. The monoisotopic (exact) mass is 309 g/mol. The molecule has 0 bridgehead atoms. The van der Waals surface area contributed by atoms with Crippen LogP contribution in [0.4, 0.5) is 0 Å². The van der Waals surface area contributed by atoms with Gasteiger partial charge in [0.1, 0.15) is 6.29 Å². The number of hydrogen-bond donors (Lipinski definition) is 0. The fourth-order valence-electron chi connectivity index (χ4n) is 1.91. The number of aldehydes is 1. The topological polar surface area (TPSA) is 29.4 Å². The minimum atomic E-state index is 0.690. The van der Waals surface area contributed by atoms with Crippen LogP contribution >= 0.6 is 0 Å². The predicted molar refractivity (Wildman–Crippen MR) is 99.7 cm³/mol. The molecule has 122 valence electrons. The fraction of sp³-hybridized carbons (Fsp3) is 0.333. The number of carbonyl (C=O) groups excluding carboxylic acids is 1. The van der Waals surface area contributed by atoms with Crippen LogP contribution in [0.2, 0.25) is 0 Å². The highest BCUT2D eigenvalue weighted by Crippen LogP contribution is 2.05. The Labute approximate surface area is 140 Å². The van der Waals surface area contributed by atoms with Gasteiger partial charge in [0, 0.05) is 18.3 Å². The smallest absolute Gasteiger partial charge is 0.150 e. The Morgan fingerprint density at radius 1 is 0.957 bits per heavy atom. The number of aryl methyl sites for hydroxylation is 2. The molecule has 2 rings (SSSR count). The van der Waals surface area contributed by atoms with Crippen LogP contribution in [-0.2, 0) is 0 Å². The summed E-state index contributed by atoms with van der Waals surface area (Å²) in [6, 6.07) is 15.8. The lowest BCUT2D eigenvalue weighted by Crippen LogP contribution is -1.97. The van der Waals surface area contributed by atoms with Crippen LogP contribution in [-0.4, -0.2) is 19.0 Å². The van der Waals surface area contributed by atoms with E-state index in [1.54, 1.807) is 0 Å². The van der Waals surface area contributed by atoms with E-state index in [2.05, 4.69) is 50.0 Å². The van der Waals surface area contributed by atoms with Gasteiger partial charge in [-0.1, -0.05) is 68.8 Å². The van der Waals surface area contributed by atoms with Gasteiger partial charge in [0.2, 0.25) is 0 Å². The molecule has 2 nitrogen and oxygen atoms in total. The summed E-state index contributed by atoms with van der Waals surface area (Å²) in [5.74, 6) is 0.690. The van der Waals surface area contributed by atoms with E-state index >= 15 is 0 Å². The van der Waals surface area contributed by atoms with Crippen LogP contribution in [0.25, 0.3) is 0 Å². The molecule has 0 N–H and O–H groups in total. The zero-order valence-electron chi connectivity index (χ0n) is 14.6. The summed E-state index contributed by atoms with van der Waals surface area (Å²) in [6.45, 7) is 9.41. The molecule has 2 aromatic carbocycles. The van der Waals surface area contributed by atoms with E-state index in [1.807, 2.05) is 37.4 Å². The third-order valence-electron chi connectivity index (χ3n) is 3.85. The molecule has 1 unspecified atom stereocenters. The van der Waals surface area contributed by atoms with E-state index in [-0.39, 0.29) is 0 Å². The number of carbonyl (C=O) groups is 1. The van der Waals surface area contributed by atoms with E-state index < -0.39 is 0 Å². The van der Waals surface area contributed by atoms with Crippen molar-refractivity contribution in [2.24, 2.45) is 10.9 Å². The van der Waals surface area contributed by atoms with Gasteiger partial charge in [0.15, 0.2) is 0 Å². The highest BCUT2D eigenvalue weighted by atomic mass is 16.1. The zero-order chi connectivity index (χ0) is 17.1. The lowest BCUT2D eigenvalue weighted by Gasteiger charge is -2.03. The summed E-state index contributed by atoms with van der Waals surface area (Å²) in [6.07, 6.45) is 4.06. The molecule has 0 spiro atoms. The molecule has 0 radical (unpaired) electrons. The van der Waals surface area contributed by atoms with Gasteiger partial charge in [0.25, 0.3) is 0 Å². The molecule has 0 aliphatic rings. The molecule has 0 aliphatic heterocycles. The molecule has 0 fully saturated rings. The van der Waals surface area contributed by atoms with Gasteiger partial charge in [-0.3, -0.25) is 9.79 Å². The highest BCUT2D eigenvalue weighted by Gasteiger charge is 1.95. The second kappa shape index (κ2) is 10.5. The van der Waals surface area contributed by atoms with Gasteiger partial charge in [-0.15, -0.1) is 0 Å². The first-order valence-electron chi connectivity index (χ1n) is 8.14. The third-order valence-corrected chi connectivity index (χ3v) is 3.85. The van der Waals surface area contributed by atoms with Crippen molar-refractivity contribution in [3.8, 4) is 0 Å². The van der Waals surface area contributed by atoms with Crippen molar-refractivity contribution in [1.82, 2.24) is 0 Å². The number of nitrogens with zero attached hydrogens (tertiary/aromatic N) is 1. The lowest BCUT2D eigenvalue weighted by atomic mass is 10.1. The second-order valence-corrected chi connectivity index (χ2v) is 5.84. The van der Waals surface area contributed by atoms with Crippen LogP contribution in [0.1, 0.15) is 47.3 Å². The molecule has 0 heterocycles. The first kappa shape index (κ1) is 18.8. The van der Waals surface area contributed by atoms with Crippen molar-refractivity contribution >= 4 is 12.5 Å². The van der Waals surface area contributed by atoms with Crippen molar-refractivity contribution in [2.45, 2.75) is 34.1 Å². The summed E-state index contributed by atoms with van der Waals surface area (Å²) < 4.78 is 0. The molecule has 1 atom stereocenters. The first-order chi connectivity index (χ1) is 11.1. The number of rotatable bonds is 5. The van der Waals surface area contributed by atoms with Crippen molar-refractivity contribution < 1.29 is 4.79 Å². The summed E-state index contributed by atoms with van der Waals surface area (Å²) in [5, 5.41) is 0. The van der Waals surface area contributed by atoms with Crippen LogP contribution in [0.5, 0.6) is 0 Å². The van der Waals surface area contributed by atoms with Gasteiger partial charge in [0.05, 0.1) is 0 Å². The van der Waals surface area contributed by atoms with Gasteiger partial charge in [-0.05, 0) is 36.5 Å². The number of hydrogen-bond acceptors (Lipinski definition) is 2. The van der Waals surface area contributed by atoms with Crippen LogP contribution in [0.3, 0.4) is 0 Å². The molecule has 0 saturated heterocycles. The Bertz CT molecular complexity index is 631. The Balaban J connectivity index is 0.000000253. The van der Waals surface area contributed by atoms with Crippen LogP contribution < -0.4 is 0 Å². The average Bonchev–Trinajstić information content (AvgIpc) is 2.57. The van der Waals surface area contributed by atoms with E-state index in [0.29, 0.717) is 5.92 Å². The van der Waals surface area contributed by atoms with E-state index in [4.69, 9.17) is 0 Å². The van der Waals surface area contributed by atoms with E-state index in [0.717, 1.165) is 24.0 Å². The fourth-order valence-corrected chi connectivity index (χ4v) is 1.91. The normalized spacial score (nSPS) is 11.7. The summed E-state index contributed by atoms with van der Waals surface area (Å²) in [4.78, 5) is 14.7. The maximum absolute atomic E-state index is 10.2. The van der Waals surface area contributed by atoms with Gasteiger partial charge < -0.3 is 0 Å². The summed E-state index contributed by atoms with van der Waals surface area (Å²) in [7, 11) is 0. The quantitative estimate of drug-likeness (QED) is 0.546. The molecular weight excluding hydrogens is 282 g/mol. The zero-order valence-corrected chi connectivity index (χ0v) is 14.6.